The van der Waals surface area contributed by atoms with E-state index in [2.05, 4.69) is 73.3 Å². The standard InChI is InChI=1S/C76H102N10O8S3/c1-52-41-62(97(93,94)81-70(90)56-23-25-59(26-24-56)84-37-35-83(36-38-84)45-57-29-31-74(6,7)43-63(57)76-48-75(8,49-76)50-76)27-28-64(52)79-58(47-95-61-15-11-9-12-16-61)30-32-82-33-39-85(40-34-82)67(89)18-14-10-13-17-66(88)80-69(73(3,4)5)72(92)86-46-60(87)42-65(86)71(91)77-44-54-19-21-55(22-20-54)68-53(2)78-51-96-68/h9,11-12,15-16,19-28,41,51,58,60,65,69,79,87H,10,13-14,17-18,29-40,42-50H2,1-8H3,(H,77,91)(H,80,88)(H,81,90)/t58-,60-,65+,69-,75?,76?/m1/s1. The van der Waals surface area contributed by atoms with Crippen molar-refractivity contribution in [2.45, 2.75) is 179 Å². The summed E-state index contributed by atoms with van der Waals surface area (Å²) in [6.07, 6.45) is 10.3. The molecule has 3 aliphatic heterocycles. The number of aliphatic hydroxyl groups excluding tert-OH is 1. The largest absolute Gasteiger partial charge is 0.391 e. The smallest absolute Gasteiger partial charge is 0.264 e. The highest BCUT2D eigenvalue weighted by Gasteiger charge is 2.67. The van der Waals surface area contributed by atoms with E-state index < -0.39 is 45.4 Å². The number of amides is 5. The Balaban J connectivity index is 0.596. The molecule has 4 atom stereocenters. The van der Waals surface area contributed by atoms with Gasteiger partial charge < -0.3 is 35.8 Å². The van der Waals surface area contributed by atoms with Crippen molar-refractivity contribution in [2.75, 3.05) is 88.0 Å². The van der Waals surface area contributed by atoms with Gasteiger partial charge in [0.15, 0.2) is 0 Å². The second-order valence-corrected chi connectivity index (χ2v) is 34.4. The number of allylic oxidation sites excluding steroid dienone is 1. The number of unbranched alkanes of at least 4 members (excludes halogenated alkanes) is 2. The molecule has 12 rings (SSSR count). The van der Waals surface area contributed by atoms with E-state index in [1.54, 1.807) is 64.6 Å². The van der Waals surface area contributed by atoms with Gasteiger partial charge in [0.05, 0.1) is 27.1 Å². The molecule has 3 saturated heterocycles. The molecule has 21 heteroatoms. The molecule has 5 aromatic rings. The summed E-state index contributed by atoms with van der Waals surface area (Å²) in [4.78, 5) is 85.6. The number of thiazole rings is 1. The first kappa shape index (κ1) is 71.7. The predicted octanol–water partition coefficient (Wildman–Crippen LogP) is 11.2. The van der Waals surface area contributed by atoms with Crippen LogP contribution in [0.1, 0.15) is 152 Å². The number of aryl methyl sites for hydroxylation is 2. The van der Waals surface area contributed by atoms with Gasteiger partial charge in [0, 0.05) is 131 Å². The molecule has 18 nitrogen and oxygen atoms in total. The van der Waals surface area contributed by atoms with Gasteiger partial charge in [-0.1, -0.05) is 102 Å². The minimum atomic E-state index is -4.19. The molecular weight excluding hydrogens is 1280 g/mol. The van der Waals surface area contributed by atoms with E-state index in [-0.39, 0.29) is 60.2 Å². The van der Waals surface area contributed by atoms with E-state index in [1.807, 2.05) is 99.6 Å². The van der Waals surface area contributed by atoms with Crippen LogP contribution < -0.4 is 25.6 Å². The Morgan fingerprint density at radius 1 is 0.814 bits per heavy atom. The monoisotopic (exact) mass is 1380 g/mol. The number of aliphatic hydroxyl groups is 1. The molecule has 5 N–H and O–H groups in total. The lowest BCUT2D eigenvalue weighted by Crippen LogP contribution is -2.61. The molecule has 0 spiro atoms. The summed E-state index contributed by atoms with van der Waals surface area (Å²) < 4.78 is 29.9. The van der Waals surface area contributed by atoms with Gasteiger partial charge >= 0.3 is 0 Å². The van der Waals surface area contributed by atoms with Crippen molar-refractivity contribution in [1.82, 2.24) is 39.9 Å². The maximum Gasteiger partial charge on any atom is 0.264 e. The first-order valence-corrected chi connectivity index (χ1v) is 38.5. The molecule has 4 heterocycles. The van der Waals surface area contributed by atoms with E-state index in [4.69, 9.17) is 0 Å². The fourth-order valence-electron chi connectivity index (χ4n) is 15.7. The first-order chi connectivity index (χ1) is 46.2. The van der Waals surface area contributed by atoms with Gasteiger partial charge in [0.2, 0.25) is 23.6 Å². The van der Waals surface area contributed by atoms with Crippen molar-refractivity contribution < 1.29 is 37.5 Å². The van der Waals surface area contributed by atoms with Crippen LogP contribution in [0.2, 0.25) is 0 Å². The lowest BCUT2D eigenvalue weighted by molar-refractivity contribution is -0.167. The number of nitrogens with zero attached hydrogens (tertiary/aromatic N) is 6. The number of thioether (sulfide) groups is 1. The lowest BCUT2D eigenvalue weighted by atomic mass is 9.33. The average molecular weight is 1380 g/mol. The van der Waals surface area contributed by atoms with Crippen molar-refractivity contribution in [2.24, 2.45) is 21.7 Å². The number of anilines is 2. The third-order valence-corrected chi connectivity index (χ3v) is 24.7. The first-order valence-electron chi connectivity index (χ1n) is 35.2. The van der Waals surface area contributed by atoms with Gasteiger partial charge in [-0.25, -0.2) is 18.1 Å². The number of sulfonamides is 1. The summed E-state index contributed by atoms with van der Waals surface area (Å²) in [5.41, 5.74) is 11.9. The van der Waals surface area contributed by atoms with Crippen LogP contribution in [0.3, 0.4) is 0 Å². The number of piperazine rings is 2. The Morgan fingerprint density at radius 2 is 1.51 bits per heavy atom. The molecule has 4 aromatic carbocycles. The van der Waals surface area contributed by atoms with Gasteiger partial charge in [0.1, 0.15) is 12.1 Å². The van der Waals surface area contributed by atoms with Crippen molar-refractivity contribution in [3.8, 4) is 10.4 Å². The highest BCUT2D eigenvalue weighted by molar-refractivity contribution is 7.99. The molecule has 5 amide bonds. The highest BCUT2D eigenvalue weighted by Crippen LogP contribution is 2.77. The topological polar surface area (TPSA) is 217 Å². The summed E-state index contributed by atoms with van der Waals surface area (Å²) in [5, 5.41) is 20.3. The molecule has 522 valence electrons. The van der Waals surface area contributed by atoms with Gasteiger partial charge in [-0.15, -0.1) is 23.1 Å². The number of β-amino-alcohol motifs (C(OH)–C–C–N with tert-alkyl or cyclic N) is 1. The summed E-state index contributed by atoms with van der Waals surface area (Å²) >= 11 is 3.33. The van der Waals surface area contributed by atoms with E-state index in [0.717, 1.165) is 108 Å². The Hall–Kier alpha value is -6.62. The minimum Gasteiger partial charge on any atom is -0.391 e. The number of likely N-dealkylation sites (tertiary alicyclic amines) is 1. The number of benzene rings is 4. The van der Waals surface area contributed by atoms with E-state index in [1.165, 1.54) is 43.4 Å². The zero-order valence-electron chi connectivity index (χ0n) is 58.2. The zero-order chi connectivity index (χ0) is 68.9. The molecule has 97 heavy (non-hydrogen) atoms. The van der Waals surface area contributed by atoms with Crippen molar-refractivity contribution in [3.05, 3.63) is 136 Å². The Kier molecular flexibility index (Phi) is 22.5. The van der Waals surface area contributed by atoms with Crippen LogP contribution in [0, 0.1) is 35.5 Å². The Morgan fingerprint density at radius 3 is 2.16 bits per heavy atom. The molecule has 4 aliphatic carbocycles. The van der Waals surface area contributed by atoms with Gasteiger partial charge in [-0.3, -0.25) is 33.8 Å². The summed E-state index contributed by atoms with van der Waals surface area (Å²) in [5.74, 6) is -0.867. The van der Waals surface area contributed by atoms with Crippen LogP contribution in [0.4, 0.5) is 11.4 Å². The maximum atomic E-state index is 14.2. The van der Waals surface area contributed by atoms with Crippen LogP contribution in [-0.2, 0) is 35.7 Å². The summed E-state index contributed by atoms with van der Waals surface area (Å²) in [6.45, 7) is 25.4. The molecule has 2 bridgehead atoms. The molecule has 0 radical (unpaired) electrons. The number of aromatic nitrogens is 1. The fourth-order valence-corrected chi connectivity index (χ4v) is 18.6. The SMILES string of the molecule is Cc1cc(S(=O)(=O)NC(=O)c2ccc(N3CCN(CC4=C(C56CC(C)(C5)C6)CC(C)(C)CC4)CC3)cc2)ccc1N[C@H](CCN1CCN(C(=O)CCCCCC(=O)N[C@H](C(=O)N2C[C@H](O)C[C@H]2C(=O)NCc2ccc(-c3scnc3C)cc2)C(C)(C)C)CC1)CSc1ccccc1. The maximum absolute atomic E-state index is 14.2. The average Bonchev–Trinajstić information content (AvgIpc) is 0.807. The number of nitrogens with one attached hydrogen (secondary N) is 4. The summed E-state index contributed by atoms with van der Waals surface area (Å²) in [6, 6.07) is 28.6. The molecule has 0 unspecified atom stereocenters. The van der Waals surface area contributed by atoms with E-state index >= 15 is 0 Å². The second-order valence-electron chi connectivity index (χ2n) is 30.7. The third kappa shape index (κ3) is 17.9. The van der Waals surface area contributed by atoms with Crippen LogP contribution in [0.25, 0.3) is 10.4 Å². The lowest BCUT2D eigenvalue weighted by Gasteiger charge is -2.72. The van der Waals surface area contributed by atoms with Crippen LogP contribution in [0.15, 0.2) is 124 Å². The number of carbonyl (C=O) groups is 5. The molecule has 3 saturated carbocycles. The third-order valence-electron chi connectivity index (χ3n) is 21.2. The Labute approximate surface area is 583 Å². The van der Waals surface area contributed by atoms with Crippen molar-refractivity contribution in [3.63, 3.8) is 0 Å². The minimum absolute atomic E-state index is 0.00766. The Bertz CT molecular complexity index is 3740. The van der Waals surface area contributed by atoms with Crippen molar-refractivity contribution in [1.29, 1.82) is 0 Å². The molecule has 1 aromatic heterocycles. The van der Waals surface area contributed by atoms with E-state index in [0.29, 0.717) is 55.0 Å². The number of hydrogen-bond donors (Lipinski definition) is 5. The van der Waals surface area contributed by atoms with Crippen LogP contribution in [0.5, 0.6) is 0 Å². The second kappa shape index (κ2) is 30.5. The number of rotatable bonds is 27. The van der Waals surface area contributed by atoms with Crippen molar-refractivity contribution >= 4 is 74.0 Å². The predicted molar refractivity (Wildman–Crippen MR) is 387 cm³/mol. The van der Waals surface area contributed by atoms with E-state index in [9.17, 15) is 37.5 Å². The van der Waals surface area contributed by atoms with Crippen LogP contribution in [-0.4, -0.2) is 170 Å². The number of carbonyl (C=O) groups excluding carboxylic acids is 5. The normalized spacial score (nSPS) is 22.7. The van der Waals surface area contributed by atoms with Gasteiger partial charge in [-0.2, -0.15) is 0 Å². The van der Waals surface area contributed by atoms with Crippen LogP contribution >= 0.6 is 23.1 Å². The zero-order valence-corrected chi connectivity index (χ0v) is 60.7. The van der Waals surface area contributed by atoms with Gasteiger partial charge in [0.25, 0.3) is 15.9 Å². The molecule has 7 aliphatic rings. The number of hydrogen-bond acceptors (Lipinski definition) is 15. The summed E-state index contributed by atoms with van der Waals surface area (Å²) in [7, 11) is -4.19. The quantitative estimate of drug-likeness (QED) is 0.0188. The fraction of sp³-hybridized carbons (Fsp3) is 0.553. The molecule has 6 fully saturated rings. The van der Waals surface area contributed by atoms with Gasteiger partial charge in [-0.05, 0) is 165 Å². The highest BCUT2D eigenvalue weighted by atomic mass is 32.2. The molecular formula is C76H102N10O8S3.